The van der Waals surface area contributed by atoms with Crippen molar-refractivity contribution in [3.8, 4) is 5.75 Å². The summed E-state index contributed by atoms with van der Waals surface area (Å²) < 4.78 is 5.97. The van der Waals surface area contributed by atoms with E-state index >= 15 is 0 Å². The lowest BCUT2D eigenvalue weighted by Crippen LogP contribution is -2.13. The van der Waals surface area contributed by atoms with Gasteiger partial charge in [0.25, 0.3) is 0 Å². The molecule has 0 heterocycles. The lowest BCUT2D eigenvalue weighted by atomic mass is 10.0. The van der Waals surface area contributed by atoms with Gasteiger partial charge in [-0.1, -0.05) is 41.9 Å². The zero-order valence-electron chi connectivity index (χ0n) is 13.4. The van der Waals surface area contributed by atoms with Crippen LogP contribution in [0.25, 0.3) is 0 Å². The monoisotopic (exact) mass is 317 g/mol. The molecule has 0 bridgehead atoms. The maximum atomic E-state index is 6.14. The molecule has 0 saturated heterocycles. The third-order valence-corrected chi connectivity index (χ3v) is 3.75. The molecule has 0 saturated carbocycles. The Morgan fingerprint density at radius 1 is 1.00 bits per heavy atom. The Balaban J connectivity index is 1.95. The minimum Gasteiger partial charge on any atom is -0.493 e. The number of halogens is 1. The van der Waals surface area contributed by atoms with Crippen LogP contribution in [0.1, 0.15) is 24.0 Å². The van der Waals surface area contributed by atoms with Crippen molar-refractivity contribution in [2.45, 2.75) is 19.3 Å². The number of nitrogens with zero attached hydrogens (tertiary/aromatic N) is 1. The quantitative estimate of drug-likeness (QED) is 0.657. The van der Waals surface area contributed by atoms with E-state index in [1.807, 2.05) is 24.3 Å². The van der Waals surface area contributed by atoms with Crippen molar-refractivity contribution in [2.24, 2.45) is 0 Å². The fourth-order valence-electron chi connectivity index (χ4n) is 2.35. The first kappa shape index (κ1) is 16.9. The maximum Gasteiger partial charge on any atom is 0.122 e. The number of hydrogen-bond acceptors (Lipinski definition) is 2. The SMILES string of the molecule is CN(C)CCCCOc1ccc(Cl)cc1Cc1ccccc1. The minimum atomic E-state index is 0.747. The van der Waals surface area contributed by atoms with Gasteiger partial charge in [-0.15, -0.1) is 0 Å². The Hall–Kier alpha value is -1.51. The van der Waals surface area contributed by atoms with E-state index in [1.165, 1.54) is 5.56 Å². The highest BCUT2D eigenvalue weighted by Gasteiger charge is 2.06. The van der Waals surface area contributed by atoms with Crippen LogP contribution < -0.4 is 4.74 Å². The molecule has 0 aliphatic rings. The first-order valence-electron chi connectivity index (χ1n) is 7.75. The Labute approximate surface area is 138 Å². The smallest absolute Gasteiger partial charge is 0.122 e. The first-order valence-corrected chi connectivity index (χ1v) is 8.13. The Kier molecular flexibility index (Phi) is 6.75. The lowest BCUT2D eigenvalue weighted by molar-refractivity contribution is 0.291. The summed E-state index contributed by atoms with van der Waals surface area (Å²) in [6.45, 7) is 1.85. The third-order valence-electron chi connectivity index (χ3n) is 3.52. The fourth-order valence-corrected chi connectivity index (χ4v) is 2.55. The molecule has 22 heavy (non-hydrogen) atoms. The average molecular weight is 318 g/mol. The largest absolute Gasteiger partial charge is 0.493 e. The topological polar surface area (TPSA) is 12.5 Å². The van der Waals surface area contributed by atoms with Gasteiger partial charge in [0.15, 0.2) is 0 Å². The van der Waals surface area contributed by atoms with Crippen LogP contribution in [0.3, 0.4) is 0 Å². The van der Waals surface area contributed by atoms with Gasteiger partial charge in [-0.25, -0.2) is 0 Å². The van der Waals surface area contributed by atoms with E-state index in [-0.39, 0.29) is 0 Å². The second-order valence-electron chi connectivity index (χ2n) is 5.77. The second kappa shape index (κ2) is 8.82. The number of hydrogen-bond donors (Lipinski definition) is 0. The first-order chi connectivity index (χ1) is 10.6. The minimum absolute atomic E-state index is 0.747. The standard InChI is InChI=1S/C19H24ClNO/c1-21(2)12-6-7-13-22-19-11-10-18(20)15-17(19)14-16-8-4-3-5-9-16/h3-5,8-11,15H,6-7,12-14H2,1-2H3. The van der Waals surface area contributed by atoms with Gasteiger partial charge in [0, 0.05) is 11.4 Å². The fraction of sp³-hybridized carbons (Fsp3) is 0.368. The van der Waals surface area contributed by atoms with E-state index in [2.05, 4.69) is 43.3 Å². The summed E-state index contributed by atoms with van der Waals surface area (Å²) >= 11 is 6.14. The van der Waals surface area contributed by atoms with Gasteiger partial charge in [0.2, 0.25) is 0 Å². The Bertz CT molecular complexity index is 569. The van der Waals surface area contributed by atoms with Crippen molar-refractivity contribution in [3.63, 3.8) is 0 Å². The molecular weight excluding hydrogens is 294 g/mol. The molecule has 2 aromatic rings. The van der Waals surface area contributed by atoms with Crippen LogP contribution in [0.4, 0.5) is 0 Å². The zero-order valence-corrected chi connectivity index (χ0v) is 14.1. The maximum absolute atomic E-state index is 6.14. The second-order valence-corrected chi connectivity index (χ2v) is 6.21. The van der Waals surface area contributed by atoms with E-state index < -0.39 is 0 Å². The van der Waals surface area contributed by atoms with Crippen molar-refractivity contribution in [1.82, 2.24) is 4.90 Å². The molecule has 3 heteroatoms. The van der Waals surface area contributed by atoms with E-state index in [9.17, 15) is 0 Å². The van der Waals surface area contributed by atoms with E-state index in [4.69, 9.17) is 16.3 Å². The van der Waals surface area contributed by atoms with Gasteiger partial charge in [0.1, 0.15) is 5.75 Å². The van der Waals surface area contributed by atoms with Crippen LogP contribution in [0.15, 0.2) is 48.5 Å². The number of benzene rings is 2. The summed E-state index contributed by atoms with van der Waals surface area (Å²) in [4.78, 5) is 2.20. The summed E-state index contributed by atoms with van der Waals surface area (Å²) in [6.07, 6.45) is 3.05. The highest BCUT2D eigenvalue weighted by atomic mass is 35.5. The summed E-state index contributed by atoms with van der Waals surface area (Å²) in [7, 11) is 4.19. The van der Waals surface area contributed by atoms with Gasteiger partial charge in [0.05, 0.1) is 6.61 Å². The van der Waals surface area contributed by atoms with Crippen LogP contribution in [0, 0.1) is 0 Å². The summed E-state index contributed by atoms with van der Waals surface area (Å²) in [5.41, 5.74) is 2.41. The third kappa shape index (κ3) is 5.70. The molecule has 0 unspecified atom stereocenters. The molecule has 0 aliphatic heterocycles. The summed E-state index contributed by atoms with van der Waals surface area (Å²) in [5, 5.41) is 0.755. The lowest BCUT2D eigenvalue weighted by Gasteiger charge is -2.13. The Morgan fingerprint density at radius 3 is 2.50 bits per heavy atom. The van der Waals surface area contributed by atoms with Gasteiger partial charge in [-0.2, -0.15) is 0 Å². The molecule has 0 spiro atoms. The van der Waals surface area contributed by atoms with Crippen LogP contribution in [-0.4, -0.2) is 32.1 Å². The molecular formula is C19H24ClNO. The highest BCUT2D eigenvalue weighted by Crippen LogP contribution is 2.25. The molecule has 118 valence electrons. The van der Waals surface area contributed by atoms with E-state index in [1.54, 1.807) is 0 Å². The molecule has 0 fully saturated rings. The van der Waals surface area contributed by atoms with Crippen molar-refractivity contribution in [1.29, 1.82) is 0 Å². The molecule has 0 aliphatic carbocycles. The predicted octanol–water partition coefficient (Wildman–Crippen LogP) is 4.65. The molecule has 0 atom stereocenters. The van der Waals surface area contributed by atoms with Crippen molar-refractivity contribution < 1.29 is 4.74 Å². The molecule has 0 amide bonds. The van der Waals surface area contributed by atoms with Crippen molar-refractivity contribution in [3.05, 3.63) is 64.7 Å². The van der Waals surface area contributed by atoms with Crippen LogP contribution in [0.2, 0.25) is 5.02 Å². The van der Waals surface area contributed by atoms with E-state index in [0.717, 1.165) is 48.7 Å². The normalized spacial score (nSPS) is 10.9. The van der Waals surface area contributed by atoms with Gasteiger partial charge in [-0.05, 0) is 62.8 Å². The molecule has 2 aromatic carbocycles. The predicted molar refractivity (Wildman–Crippen MR) is 94.0 cm³/mol. The van der Waals surface area contributed by atoms with Crippen molar-refractivity contribution in [2.75, 3.05) is 27.2 Å². The Morgan fingerprint density at radius 2 is 1.77 bits per heavy atom. The van der Waals surface area contributed by atoms with E-state index in [0.29, 0.717) is 0 Å². The molecule has 2 rings (SSSR count). The van der Waals surface area contributed by atoms with Gasteiger partial charge in [-0.3, -0.25) is 0 Å². The van der Waals surface area contributed by atoms with Crippen LogP contribution in [-0.2, 0) is 6.42 Å². The number of ether oxygens (including phenoxy) is 1. The number of rotatable bonds is 8. The van der Waals surface area contributed by atoms with Gasteiger partial charge < -0.3 is 9.64 Å². The van der Waals surface area contributed by atoms with Crippen LogP contribution in [0.5, 0.6) is 5.75 Å². The summed E-state index contributed by atoms with van der Waals surface area (Å²) in [6, 6.07) is 16.3. The average Bonchev–Trinajstić information content (AvgIpc) is 2.49. The van der Waals surface area contributed by atoms with Crippen molar-refractivity contribution >= 4 is 11.6 Å². The number of unbranched alkanes of at least 4 members (excludes halogenated alkanes) is 1. The van der Waals surface area contributed by atoms with Gasteiger partial charge >= 0.3 is 0 Å². The molecule has 0 radical (unpaired) electrons. The highest BCUT2D eigenvalue weighted by molar-refractivity contribution is 6.30. The molecule has 0 aromatic heterocycles. The molecule has 0 N–H and O–H groups in total. The molecule has 2 nitrogen and oxygen atoms in total. The van der Waals surface area contributed by atoms with Crippen LogP contribution >= 0.6 is 11.6 Å². The zero-order chi connectivity index (χ0) is 15.8. The summed E-state index contributed by atoms with van der Waals surface area (Å²) in [5.74, 6) is 0.943.